The van der Waals surface area contributed by atoms with E-state index in [0.717, 1.165) is 38.0 Å². The van der Waals surface area contributed by atoms with E-state index in [1.54, 1.807) is 6.07 Å². The van der Waals surface area contributed by atoms with E-state index in [1.165, 1.54) is 0 Å². The molecule has 1 aromatic carbocycles. The zero-order valence-electron chi connectivity index (χ0n) is 20.7. The minimum absolute atomic E-state index is 0.0257. The highest BCUT2D eigenvalue weighted by Crippen LogP contribution is 2.25. The summed E-state index contributed by atoms with van der Waals surface area (Å²) in [4.78, 5) is 14.9. The van der Waals surface area contributed by atoms with Crippen molar-refractivity contribution in [1.82, 2.24) is 15.5 Å². The molecule has 0 saturated carbocycles. The molecule has 0 radical (unpaired) electrons. The molecule has 1 aromatic rings. The summed E-state index contributed by atoms with van der Waals surface area (Å²) in [6.07, 6.45) is 1.54. The van der Waals surface area contributed by atoms with Crippen molar-refractivity contribution in [3.8, 4) is 0 Å². The van der Waals surface area contributed by atoms with Gasteiger partial charge in [0.1, 0.15) is 0 Å². The molecule has 1 heterocycles. The van der Waals surface area contributed by atoms with E-state index in [9.17, 15) is 9.90 Å². The number of nitrogens with one attached hydrogen (secondary N) is 2. The van der Waals surface area contributed by atoms with Crippen molar-refractivity contribution >= 4 is 29.1 Å². The average molecular weight is 503 g/mol. The molecule has 2 unspecified atom stereocenters. The summed E-state index contributed by atoms with van der Waals surface area (Å²) in [5, 5.41) is 17.6. The van der Waals surface area contributed by atoms with Crippen molar-refractivity contribution < 1.29 is 14.6 Å². The first-order valence-electron chi connectivity index (χ1n) is 11.9. The maximum atomic E-state index is 12.4. The summed E-state index contributed by atoms with van der Waals surface area (Å²) >= 11 is 12.1. The number of hydrogen-bond donors (Lipinski definition) is 3. The van der Waals surface area contributed by atoms with Gasteiger partial charge >= 0.3 is 0 Å². The van der Waals surface area contributed by atoms with Gasteiger partial charge in [-0.3, -0.25) is 10.1 Å². The summed E-state index contributed by atoms with van der Waals surface area (Å²) in [6.45, 7) is 14.3. The third kappa shape index (κ3) is 10.9. The molecule has 1 aliphatic heterocycles. The Morgan fingerprint density at radius 2 is 1.79 bits per heavy atom. The molecule has 1 saturated heterocycles. The number of hydrogen-bond acceptors (Lipinski definition) is 5. The van der Waals surface area contributed by atoms with E-state index in [1.807, 2.05) is 12.1 Å². The molecule has 188 valence electrons. The number of aliphatic hydroxyl groups is 1. The maximum Gasteiger partial charge on any atom is 0.220 e. The van der Waals surface area contributed by atoms with Crippen LogP contribution in [0.15, 0.2) is 18.2 Å². The Balaban J connectivity index is 1.75. The van der Waals surface area contributed by atoms with Gasteiger partial charge in [0.15, 0.2) is 0 Å². The third-order valence-corrected chi connectivity index (χ3v) is 6.45. The molecular formula is C25H41Cl2N3O3. The van der Waals surface area contributed by atoms with Crippen LogP contribution in [0.3, 0.4) is 0 Å². The number of benzene rings is 1. The largest absolute Gasteiger partial charge is 0.356 e. The van der Waals surface area contributed by atoms with Crippen LogP contribution in [0.1, 0.15) is 59.4 Å². The van der Waals surface area contributed by atoms with E-state index >= 15 is 0 Å². The topological polar surface area (TPSA) is 73.8 Å². The number of amides is 1. The molecule has 2 atom stereocenters. The van der Waals surface area contributed by atoms with E-state index in [0.29, 0.717) is 41.5 Å². The van der Waals surface area contributed by atoms with Crippen LogP contribution < -0.4 is 10.6 Å². The summed E-state index contributed by atoms with van der Waals surface area (Å²) in [7, 11) is 0. The van der Waals surface area contributed by atoms with Crippen molar-refractivity contribution in [2.75, 3.05) is 26.2 Å². The minimum Gasteiger partial charge on any atom is -0.356 e. The van der Waals surface area contributed by atoms with Gasteiger partial charge in [0, 0.05) is 35.6 Å². The maximum absolute atomic E-state index is 12.4. The fourth-order valence-electron chi connectivity index (χ4n) is 3.96. The highest BCUT2D eigenvalue weighted by Gasteiger charge is 2.30. The number of carbonyl (C=O) groups excluding carboxylic acids is 1. The molecule has 1 aliphatic rings. The van der Waals surface area contributed by atoms with Gasteiger partial charge in [-0.15, -0.1) is 0 Å². The van der Waals surface area contributed by atoms with Gasteiger partial charge < -0.3 is 20.1 Å². The van der Waals surface area contributed by atoms with Crippen molar-refractivity contribution in [3.05, 3.63) is 33.8 Å². The zero-order chi connectivity index (χ0) is 24.6. The van der Waals surface area contributed by atoms with Crippen molar-refractivity contribution in [1.29, 1.82) is 0 Å². The van der Waals surface area contributed by atoms with E-state index in [2.05, 4.69) is 50.2 Å². The molecule has 0 aromatic heterocycles. The van der Waals surface area contributed by atoms with Crippen LogP contribution >= 0.6 is 23.2 Å². The fraction of sp³-hybridized carbons (Fsp3) is 0.720. The van der Waals surface area contributed by atoms with Gasteiger partial charge in [0.05, 0.1) is 6.61 Å². The minimum atomic E-state index is -0.966. The Morgan fingerprint density at radius 3 is 2.33 bits per heavy atom. The van der Waals surface area contributed by atoms with Gasteiger partial charge in [0.25, 0.3) is 0 Å². The molecule has 33 heavy (non-hydrogen) atoms. The number of likely N-dealkylation sites (tertiary alicyclic amines) is 1. The number of ether oxygens (including phenoxy) is 1. The molecule has 0 bridgehead atoms. The lowest BCUT2D eigenvalue weighted by molar-refractivity contribution is -0.140. The van der Waals surface area contributed by atoms with Crippen LogP contribution in [0.5, 0.6) is 0 Å². The Labute approximate surface area is 209 Å². The average Bonchev–Trinajstić information content (AvgIpc) is 2.70. The first kappa shape index (κ1) is 28.3. The number of halogens is 2. The summed E-state index contributed by atoms with van der Waals surface area (Å²) < 4.78 is 5.51. The Morgan fingerprint density at radius 1 is 1.18 bits per heavy atom. The monoisotopic (exact) mass is 501 g/mol. The van der Waals surface area contributed by atoms with Crippen LogP contribution in [0.4, 0.5) is 0 Å². The molecular weight excluding hydrogens is 461 g/mol. The summed E-state index contributed by atoms with van der Waals surface area (Å²) in [5.41, 5.74) is 0.873. The second-order valence-corrected chi connectivity index (χ2v) is 11.5. The Hall–Kier alpha value is -0.890. The van der Waals surface area contributed by atoms with Crippen molar-refractivity contribution in [2.45, 2.75) is 72.9 Å². The molecule has 3 N–H and O–H groups in total. The highest BCUT2D eigenvalue weighted by atomic mass is 35.5. The predicted octanol–water partition coefficient (Wildman–Crippen LogP) is 4.66. The normalized spacial score (nSPS) is 17.8. The van der Waals surface area contributed by atoms with Gasteiger partial charge in [-0.25, -0.2) is 0 Å². The molecule has 1 fully saturated rings. The number of rotatable bonds is 11. The molecule has 1 amide bonds. The number of aliphatic hydroxyl groups excluding tert-OH is 1. The molecule has 6 nitrogen and oxygen atoms in total. The number of piperidine rings is 1. The standard InChI is InChI=1S/C25H41Cl2N3O3/c1-17(2)16-33-24(32)29-22(25(3,4)5)15-30-8-6-18(7-9-30)12-23(31)28-14-19-10-20(26)13-21(27)11-19/h10-11,13,17-18,22,24,29,32H,6-9,12,14-16H2,1-5H3,(H,28,31). The SMILES string of the molecule is CC(C)COC(O)NC(CN1CCC(CC(=O)NCc2cc(Cl)cc(Cl)c2)CC1)C(C)(C)C. The van der Waals surface area contributed by atoms with Crippen molar-refractivity contribution in [3.63, 3.8) is 0 Å². The lowest BCUT2D eigenvalue weighted by Gasteiger charge is -2.39. The van der Waals surface area contributed by atoms with Crippen molar-refractivity contribution in [2.24, 2.45) is 17.3 Å². The second kappa shape index (κ2) is 13.3. The van der Waals surface area contributed by atoms with E-state index in [-0.39, 0.29) is 17.4 Å². The van der Waals surface area contributed by atoms with Gasteiger partial charge in [-0.2, -0.15) is 0 Å². The highest BCUT2D eigenvalue weighted by molar-refractivity contribution is 6.34. The van der Waals surface area contributed by atoms with E-state index < -0.39 is 6.41 Å². The van der Waals surface area contributed by atoms with Gasteiger partial charge in [0.2, 0.25) is 12.3 Å². The van der Waals surface area contributed by atoms with Crippen LogP contribution in [0, 0.1) is 17.3 Å². The molecule has 0 spiro atoms. The zero-order valence-corrected chi connectivity index (χ0v) is 22.2. The predicted molar refractivity (Wildman–Crippen MR) is 135 cm³/mol. The molecule has 8 heteroatoms. The lowest BCUT2D eigenvalue weighted by atomic mass is 9.85. The smallest absolute Gasteiger partial charge is 0.220 e. The van der Waals surface area contributed by atoms with Gasteiger partial charge in [-0.05, 0) is 66.9 Å². The van der Waals surface area contributed by atoms with E-state index in [4.69, 9.17) is 27.9 Å². The Bertz CT molecular complexity index is 727. The van der Waals surface area contributed by atoms with Crippen LogP contribution in [-0.4, -0.2) is 54.6 Å². The van der Waals surface area contributed by atoms with Crippen LogP contribution in [0.25, 0.3) is 0 Å². The summed E-state index contributed by atoms with van der Waals surface area (Å²) in [6, 6.07) is 5.40. The Kier molecular flexibility index (Phi) is 11.4. The summed E-state index contributed by atoms with van der Waals surface area (Å²) in [5.74, 6) is 0.809. The number of carbonyl (C=O) groups is 1. The third-order valence-electron chi connectivity index (χ3n) is 6.01. The van der Waals surface area contributed by atoms with Gasteiger partial charge in [-0.1, -0.05) is 57.8 Å². The molecule has 2 rings (SSSR count). The second-order valence-electron chi connectivity index (χ2n) is 10.7. The molecule has 0 aliphatic carbocycles. The quantitative estimate of drug-likeness (QED) is 0.384. The first-order valence-corrected chi connectivity index (χ1v) is 12.7. The van der Waals surface area contributed by atoms with Crippen LogP contribution in [0.2, 0.25) is 10.0 Å². The fourth-order valence-corrected chi connectivity index (χ4v) is 4.53. The lowest BCUT2D eigenvalue weighted by Crippen LogP contribution is -2.54. The van der Waals surface area contributed by atoms with Crippen LogP contribution in [-0.2, 0) is 16.1 Å². The first-order chi connectivity index (χ1) is 15.4. The number of nitrogens with zero attached hydrogens (tertiary/aromatic N) is 1.